The van der Waals surface area contributed by atoms with Crippen molar-refractivity contribution in [3.63, 3.8) is 0 Å². The molecule has 1 heterocycles. The molecule has 3 N–H and O–H groups in total. The van der Waals surface area contributed by atoms with E-state index in [4.69, 9.17) is 0 Å². The normalized spacial score (nSPS) is 19.0. The predicted octanol–water partition coefficient (Wildman–Crippen LogP) is 2.46. The minimum atomic E-state index is -3.58. The highest BCUT2D eigenvalue weighted by molar-refractivity contribution is 7.92. The van der Waals surface area contributed by atoms with Crippen LogP contribution in [0.25, 0.3) is 0 Å². The van der Waals surface area contributed by atoms with E-state index in [2.05, 4.69) is 20.3 Å². The Morgan fingerprint density at radius 3 is 2.78 bits per heavy atom. The highest BCUT2D eigenvalue weighted by Gasteiger charge is 2.23. The van der Waals surface area contributed by atoms with Crippen LogP contribution in [-0.4, -0.2) is 34.0 Å². The van der Waals surface area contributed by atoms with E-state index in [-0.39, 0.29) is 0 Å². The van der Waals surface area contributed by atoms with E-state index >= 15 is 0 Å². The van der Waals surface area contributed by atoms with Gasteiger partial charge in [-0.05, 0) is 54.7 Å². The number of para-hydroxylation sites is 1. The first-order valence-corrected chi connectivity index (χ1v) is 10.8. The smallest absolute Gasteiger partial charge is 0.261 e. The monoisotopic (exact) mass is 384 g/mol. The van der Waals surface area contributed by atoms with Gasteiger partial charge in [-0.15, -0.1) is 0 Å². The van der Waals surface area contributed by atoms with Gasteiger partial charge in [-0.1, -0.05) is 24.3 Å². The van der Waals surface area contributed by atoms with Gasteiger partial charge in [-0.3, -0.25) is 9.71 Å². The maximum atomic E-state index is 12.7. The van der Waals surface area contributed by atoms with Crippen molar-refractivity contribution in [2.45, 2.75) is 30.1 Å². The summed E-state index contributed by atoms with van der Waals surface area (Å²) in [5.74, 6) is 1.24. The number of rotatable bonds is 5. The van der Waals surface area contributed by atoms with Gasteiger partial charge in [0.15, 0.2) is 5.96 Å². The van der Waals surface area contributed by atoms with Crippen LogP contribution in [0, 0.1) is 0 Å². The van der Waals surface area contributed by atoms with Gasteiger partial charge in [0.25, 0.3) is 10.0 Å². The molecule has 0 aromatic heterocycles. The van der Waals surface area contributed by atoms with Crippen LogP contribution in [0.2, 0.25) is 0 Å². The Kier molecular flexibility index (Phi) is 5.03. The van der Waals surface area contributed by atoms with Gasteiger partial charge < -0.3 is 10.6 Å². The topological polar surface area (TPSA) is 82.6 Å². The minimum absolute atomic E-state index is 0.320. The first kappa shape index (κ1) is 17.9. The highest BCUT2D eigenvalue weighted by atomic mass is 32.2. The summed E-state index contributed by atoms with van der Waals surface area (Å²) in [6.07, 6.45) is 3.08. The fourth-order valence-corrected chi connectivity index (χ4v) is 4.84. The largest absolute Gasteiger partial charge is 0.356 e. The second-order valence-electron chi connectivity index (χ2n) is 6.96. The van der Waals surface area contributed by atoms with Crippen molar-refractivity contribution in [1.82, 2.24) is 10.6 Å². The van der Waals surface area contributed by atoms with Crippen LogP contribution >= 0.6 is 0 Å². The Hall–Kier alpha value is -2.54. The number of benzene rings is 2. The molecule has 1 unspecified atom stereocenters. The lowest BCUT2D eigenvalue weighted by Gasteiger charge is -2.26. The number of guanidine groups is 1. The van der Waals surface area contributed by atoms with Crippen molar-refractivity contribution < 1.29 is 8.42 Å². The van der Waals surface area contributed by atoms with Gasteiger partial charge in [0.2, 0.25) is 0 Å². The average Bonchev–Trinajstić information content (AvgIpc) is 3.20. The Morgan fingerprint density at radius 1 is 1.15 bits per heavy atom. The Labute approximate surface area is 160 Å². The van der Waals surface area contributed by atoms with Crippen LogP contribution in [0.5, 0.6) is 0 Å². The number of nitrogens with one attached hydrogen (secondary N) is 3. The summed E-state index contributed by atoms with van der Waals surface area (Å²) in [5.41, 5.74) is 2.94. The molecule has 27 heavy (non-hydrogen) atoms. The SMILES string of the molecule is O=S(=O)(Nc1ccccc1)c1ccc2c(c1)CCCC2CNC1=NCCN1. The summed E-state index contributed by atoms with van der Waals surface area (Å²) in [4.78, 5) is 4.69. The number of nitrogens with zero attached hydrogens (tertiary/aromatic N) is 1. The quantitative estimate of drug-likeness (QED) is 0.740. The molecule has 4 rings (SSSR count). The molecular formula is C20H24N4O2S. The zero-order valence-electron chi connectivity index (χ0n) is 15.1. The molecule has 1 aliphatic heterocycles. The van der Waals surface area contributed by atoms with E-state index in [1.54, 1.807) is 18.2 Å². The molecule has 0 fully saturated rings. The molecule has 2 aliphatic rings. The van der Waals surface area contributed by atoms with Crippen molar-refractivity contribution in [3.8, 4) is 0 Å². The van der Waals surface area contributed by atoms with Crippen LogP contribution in [-0.2, 0) is 16.4 Å². The number of hydrogen-bond donors (Lipinski definition) is 3. The lowest BCUT2D eigenvalue weighted by Crippen LogP contribution is -2.37. The molecule has 1 atom stereocenters. The van der Waals surface area contributed by atoms with Gasteiger partial charge in [-0.2, -0.15) is 0 Å². The zero-order valence-corrected chi connectivity index (χ0v) is 15.9. The van der Waals surface area contributed by atoms with Crippen LogP contribution < -0.4 is 15.4 Å². The number of sulfonamides is 1. The molecular weight excluding hydrogens is 360 g/mol. The molecule has 0 radical (unpaired) electrons. The zero-order chi connectivity index (χ0) is 18.7. The summed E-state index contributed by atoms with van der Waals surface area (Å²) in [5, 5.41) is 6.60. The summed E-state index contributed by atoms with van der Waals surface area (Å²) in [7, 11) is -3.58. The highest BCUT2D eigenvalue weighted by Crippen LogP contribution is 2.33. The van der Waals surface area contributed by atoms with Crippen LogP contribution in [0.4, 0.5) is 5.69 Å². The van der Waals surface area contributed by atoms with Gasteiger partial charge in [-0.25, -0.2) is 8.42 Å². The minimum Gasteiger partial charge on any atom is -0.356 e. The van der Waals surface area contributed by atoms with Crippen LogP contribution in [0.1, 0.15) is 29.9 Å². The lowest BCUT2D eigenvalue weighted by molar-refractivity contribution is 0.540. The molecule has 1 aliphatic carbocycles. The average molecular weight is 385 g/mol. The van der Waals surface area contributed by atoms with Crippen LogP contribution in [0.3, 0.4) is 0 Å². The third-order valence-corrected chi connectivity index (χ3v) is 6.46. The molecule has 0 amide bonds. The third kappa shape index (κ3) is 4.08. The predicted molar refractivity (Wildman–Crippen MR) is 108 cm³/mol. The fourth-order valence-electron chi connectivity index (χ4n) is 3.73. The second-order valence-corrected chi connectivity index (χ2v) is 8.64. The molecule has 2 aromatic rings. The summed E-state index contributed by atoms with van der Waals surface area (Å²) >= 11 is 0. The van der Waals surface area contributed by atoms with E-state index < -0.39 is 10.0 Å². The molecule has 2 aromatic carbocycles. The van der Waals surface area contributed by atoms with Crippen LogP contribution in [0.15, 0.2) is 58.4 Å². The van der Waals surface area contributed by atoms with Gasteiger partial charge >= 0.3 is 0 Å². The summed E-state index contributed by atoms with van der Waals surface area (Å²) in [6.45, 7) is 2.52. The molecule has 7 heteroatoms. The van der Waals surface area contributed by atoms with Gasteiger partial charge in [0.05, 0.1) is 11.4 Å². The number of aliphatic imine (C=N–C) groups is 1. The Bertz CT molecular complexity index is 942. The van der Waals surface area contributed by atoms with Gasteiger partial charge in [0, 0.05) is 24.7 Å². The first-order chi connectivity index (χ1) is 13.1. The van der Waals surface area contributed by atoms with Gasteiger partial charge in [0.1, 0.15) is 0 Å². The van der Waals surface area contributed by atoms with E-state index in [0.717, 1.165) is 50.4 Å². The molecule has 0 spiro atoms. The van der Waals surface area contributed by atoms with Crippen molar-refractivity contribution in [2.75, 3.05) is 24.4 Å². The maximum Gasteiger partial charge on any atom is 0.261 e. The summed E-state index contributed by atoms with van der Waals surface area (Å²) < 4.78 is 28.1. The maximum absolute atomic E-state index is 12.7. The molecule has 0 saturated carbocycles. The Morgan fingerprint density at radius 2 is 2.00 bits per heavy atom. The van der Waals surface area contributed by atoms with E-state index in [1.165, 1.54) is 5.56 Å². The third-order valence-electron chi connectivity index (χ3n) is 5.08. The summed E-state index contributed by atoms with van der Waals surface area (Å²) in [6, 6.07) is 14.5. The van der Waals surface area contributed by atoms with Crippen molar-refractivity contribution in [1.29, 1.82) is 0 Å². The first-order valence-electron chi connectivity index (χ1n) is 9.35. The molecule has 142 valence electrons. The number of aryl methyl sites for hydroxylation is 1. The molecule has 0 saturated heterocycles. The number of anilines is 1. The van der Waals surface area contributed by atoms with Crippen molar-refractivity contribution in [2.24, 2.45) is 4.99 Å². The fraction of sp³-hybridized carbons (Fsp3) is 0.350. The Balaban J connectivity index is 1.52. The van der Waals surface area contributed by atoms with E-state index in [0.29, 0.717) is 16.5 Å². The van der Waals surface area contributed by atoms with Crippen molar-refractivity contribution >= 4 is 21.7 Å². The lowest BCUT2D eigenvalue weighted by atomic mass is 9.83. The molecule has 6 nitrogen and oxygen atoms in total. The number of hydrogen-bond acceptors (Lipinski definition) is 5. The standard InChI is InChI=1S/C20H24N4O2S/c25-27(26,24-17-7-2-1-3-8-17)18-9-10-19-15(13-18)5-4-6-16(19)14-23-20-21-11-12-22-20/h1-3,7-10,13,16,24H,4-6,11-12,14H2,(H2,21,22,23). The second kappa shape index (κ2) is 7.60. The number of fused-ring (bicyclic) bond motifs is 1. The van der Waals surface area contributed by atoms with E-state index in [9.17, 15) is 8.42 Å². The van der Waals surface area contributed by atoms with E-state index in [1.807, 2.05) is 30.3 Å². The molecule has 0 bridgehead atoms. The van der Waals surface area contributed by atoms with Crippen molar-refractivity contribution in [3.05, 3.63) is 59.7 Å².